The number of rotatable bonds is 1. The maximum absolute atomic E-state index is 5.45. The second-order valence-electron chi connectivity index (χ2n) is 3.69. The van der Waals surface area contributed by atoms with Gasteiger partial charge >= 0.3 is 0 Å². The zero-order valence-corrected chi connectivity index (χ0v) is 8.26. The average Bonchev–Trinajstić information content (AvgIpc) is 2.53. The first-order chi connectivity index (χ1) is 6.20. The Labute approximate surface area is 78.5 Å². The van der Waals surface area contributed by atoms with Crippen LogP contribution in [0.4, 0.5) is 0 Å². The fourth-order valence-electron chi connectivity index (χ4n) is 1.61. The molecule has 1 aliphatic rings. The van der Waals surface area contributed by atoms with E-state index in [-0.39, 0.29) is 0 Å². The maximum atomic E-state index is 5.45. The molecule has 0 aliphatic carbocycles. The molecule has 0 atom stereocenters. The lowest BCUT2D eigenvalue weighted by Crippen LogP contribution is -1.95. The van der Waals surface area contributed by atoms with Crippen LogP contribution in [0.2, 0.25) is 0 Å². The fourth-order valence-corrected chi connectivity index (χ4v) is 1.61. The lowest BCUT2D eigenvalue weighted by atomic mass is 10.00. The van der Waals surface area contributed by atoms with Crippen molar-refractivity contribution in [2.24, 2.45) is 0 Å². The van der Waals surface area contributed by atoms with E-state index in [1.54, 1.807) is 0 Å². The molecule has 0 bridgehead atoms. The van der Waals surface area contributed by atoms with Crippen LogP contribution >= 0.6 is 0 Å². The molecule has 2 rings (SSSR count). The summed E-state index contributed by atoms with van der Waals surface area (Å²) in [5, 5.41) is 0. The topological polar surface area (TPSA) is 18.5 Å². The normalized spacial score (nSPS) is 13.8. The van der Waals surface area contributed by atoms with Crippen molar-refractivity contribution in [1.29, 1.82) is 0 Å². The first kappa shape index (κ1) is 8.42. The van der Waals surface area contributed by atoms with Crippen LogP contribution in [0.25, 0.3) is 0 Å². The molecule has 0 amide bonds. The molecule has 2 heteroatoms. The fraction of sp³-hybridized carbons (Fsp3) is 0.455. The minimum absolute atomic E-state index is 0.361. The van der Waals surface area contributed by atoms with Gasteiger partial charge in [0.2, 0.25) is 6.79 Å². The standard InChI is InChI=1S/C11H14O2/c1-7(2)9-5-4-8(3)10-11(9)13-6-12-10/h4-5,7H,6H2,1-3H3. The number of fused-ring (bicyclic) bond motifs is 1. The first-order valence-electron chi connectivity index (χ1n) is 4.59. The van der Waals surface area contributed by atoms with Gasteiger partial charge in [-0.1, -0.05) is 26.0 Å². The molecular weight excluding hydrogens is 164 g/mol. The Bertz CT molecular complexity index is 329. The number of hydrogen-bond acceptors (Lipinski definition) is 2. The molecule has 0 radical (unpaired) electrons. The van der Waals surface area contributed by atoms with E-state index in [1.165, 1.54) is 5.56 Å². The van der Waals surface area contributed by atoms with Crippen molar-refractivity contribution in [2.75, 3.05) is 6.79 Å². The predicted molar refractivity (Wildman–Crippen MR) is 51.4 cm³/mol. The van der Waals surface area contributed by atoms with Crippen molar-refractivity contribution in [3.05, 3.63) is 23.3 Å². The van der Waals surface area contributed by atoms with Gasteiger partial charge in [-0.15, -0.1) is 0 Å². The average molecular weight is 178 g/mol. The van der Waals surface area contributed by atoms with Crippen LogP contribution in [-0.2, 0) is 0 Å². The summed E-state index contributed by atoms with van der Waals surface area (Å²) >= 11 is 0. The third-order valence-corrected chi connectivity index (χ3v) is 2.37. The van der Waals surface area contributed by atoms with E-state index >= 15 is 0 Å². The van der Waals surface area contributed by atoms with E-state index in [1.807, 2.05) is 6.92 Å². The molecule has 1 aliphatic heterocycles. The van der Waals surface area contributed by atoms with Gasteiger partial charge in [0, 0.05) is 5.56 Å². The Kier molecular flexibility index (Phi) is 1.91. The minimum Gasteiger partial charge on any atom is -0.453 e. The molecule has 0 N–H and O–H groups in total. The Morgan fingerprint density at radius 1 is 1.15 bits per heavy atom. The van der Waals surface area contributed by atoms with E-state index in [9.17, 15) is 0 Å². The van der Waals surface area contributed by atoms with Gasteiger partial charge < -0.3 is 9.47 Å². The summed E-state index contributed by atoms with van der Waals surface area (Å²) in [6, 6.07) is 4.20. The van der Waals surface area contributed by atoms with Crippen LogP contribution in [0.3, 0.4) is 0 Å². The molecule has 1 heterocycles. The summed E-state index contributed by atoms with van der Waals surface area (Å²) in [5.41, 5.74) is 2.38. The number of hydrogen-bond donors (Lipinski definition) is 0. The molecule has 2 nitrogen and oxygen atoms in total. The van der Waals surface area contributed by atoms with Crippen molar-refractivity contribution in [2.45, 2.75) is 26.7 Å². The van der Waals surface area contributed by atoms with E-state index < -0.39 is 0 Å². The van der Waals surface area contributed by atoms with E-state index in [0.717, 1.165) is 17.1 Å². The van der Waals surface area contributed by atoms with Crippen LogP contribution in [-0.4, -0.2) is 6.79 Å². The SMILES string of the molecule is Cc1ccc(C(C)C)c2c1OCO2. The third-order valence-electron chi connectivity index (χ3n) is 2.37. The van der Waals surface area contributed by atoms with Crippen LogP contribution in [0, 0.1) is 6.92 Å². The smallest absolute Gasteiger partial charge is 0.231 e. The van der Waals surface area contributed by atoms with Crippen LogP contribution < -0.4 is 9.47 Å². The Morgan fingerprint density at radius 2 is 1.85 bits per heavy atom. The third kappa shape index (κ3) is 1.26. The van der Waals surface area contributed by atoms with Crippen LogP contribution in [0.15, 0.2) is 12.1 Å². The van der Waals surface area contributed by atoms with Crippen molar-refractivity contribution in [3.8, 4) is 11.5 Å². The quantitative estimate of drug-likeness (QED) is 0.658. The zero-order valence-electron chi connectivity index (χ0n) is 8.26. The molecule has 70 valence electrons. The van der Waals surface area contributed by atoms with Gasteiger partial charge in [-0.25, -0.2) is 0 Å². The Balaban J connectivity index is 2.56. The highest BCUT2D eigenvalue weighted by Crippen LogP contribution is 2.41. The predicted octanol–water partition coefficient (Wildman–Crippen LogP) is 2.85. The summed E-state index contributed by atoms with van der Waals surface area (Å²) in [7, 11) is 0. The lowest BCUT2D eigenvalue weighted by molar-refractivity contribution is 0.172. The molecule has 0 aromatic heterocycles. The highest BCUT2D eigenvalue weighted by molar-refractivity contribution is 5.53. The molecule has 0 fully saturated rings. The van der Waals surface area contributed by atoms with E-state index in [0.29, 0.717) is 12.7 Å². The minimum atomic E-state index is 0.361. The largest absolute Gasteiger partial charge is 0.453 e. The van der Waals surface area contributed by atoms with Crippen LogP contribution in [0.5, 0.6) is 11.5 Å². The van der Waals surface area contributed by atoms with Gasteiger partial charge in [-0.05, 0) is 18.4 Å². The van der Waals surface area contributed by atoms with Crippen molar-refractivity contribution in [3.63, 3.8) is 0 Å². The Morgan fingerprint density at radius 3 is 2.54 bits per heavy atom. The molecule has 1 aromatic rings. The van der Waals surface area contributed by atoms with Gasteiger partial charge in [0.1, 0.15) is 0 Å². The second-order valence-corrected chi connectivity index (χ2v) is 3.69. The van der Waals surface area contributed by atoms with Crippen LogP contribution in [0.1, 0.15) is 30.9 Å². The number of ether oxygens (including phenoxy) is 2. The molecule has 0 spiro atoms. The lowest BCUT2D eigenvalue weighted by Gasteiger charge is -2.09. The maximum Gasteiger partial charge on any atom is 0.231 e. The summed E-state index contributed by atoms with van der Waals surface area (Å²) in [6.07, 6.45) is 0. The molecule has 0 saturated heterocycles. The first-order valence-corrected chi connectivity index (χ1v) is 4.59. The summed E-state index contributed by atoms with van der Waals surface area (Å²) < 4.78 is 10.8. The van der Waals surface area contributed by atoms with Gasteiger partial charge in [0.05, 0.1) is 0 Å². The van der Waals surface area contributed by atoms with Crippen molar-refractivity contribution in [1.82, 2.24) is 0 Å². The number of aryl methyl sites for hydroxylation is 1. The zero-order chi connectivity index (χ0) is 9.42. The Hall–Kier alpha value is -1.18. The van der Waals surface area contributed by atoms with Crippen molar-refractivity contribution < 1.29 is 9.47 Å². The van der Waals surface area contributed by atoms with E-state index in [4.69, 9.17) is 9.47 Å². The van der Waals surface area contributed by atoms with Crippen molar-refractivity contribution >= 4 is 0 Å². The highest BCUT2D eigenvalue weighted by Gasteiger charge is 2.20. The summed E-state index contributed by atoms with van der Waals surface area (Å²) in [4.78, 5) is 0. The van der Waals surface area contributed by atoms with Gasteiger partial charge in [-0.3, -0.25) is 0 Å². The highest BCUT2D eigenvalue weighted by atomic mass is 16.7. The monoisotopic (exact) mass is 178 g/mol. The van der Waals surface area contributed by atoms with Gasteiger partial charge in [0.15, 0.2) is 11.5 Å². The molecule has 1 aromatic carbocycles. The molecule has 13 heavy (non-hydrogen) atoms. The number of benzene rings is 1. The second kappa shape index (κ2) is 2.95. The molecular formula is C11H14O2. The molecule has 0 unspecified atom stereocenters. The van der Waals surface area contributed by atoms with Gasteiger partial charge in [-0.2, -0.15) is 0 Å². The summed E-state index contributed by atoms with van der Waals surface area (Å²) in [5.74, 6) is 2.34. The summed E-state index contributed by atoms with van der Waals surface area (Å²) in [6.45, 7) is 6.72. The molecule has 0 saturated carbocycles. The van der Waals surface area contributed by atoms with Gasteiger partial charge in [0.25, 0.3) is 0 Å². The van der Waals surface area contributed by atoms with E-state index in [2.05, 4.69) is 26.0 Å².